The summed E-state index contributed by atoms with van der Waals surface area (Å²) in [6, 6.07) is 10.8. The number of nitrogens with one attached hydrogen (secondary N) is 1. The molecule has 0 aliphatic rings. The van der Waals surface area contributed by atoms with Crippen molar-refractivity contribution in [1.82, 2.24) is 0 Å². The number of aromatic hydroxyl groups is 1. The van der Waals surface area contributed by atoms with Crippen LogP contribution in [0.3, 0.4) is 0 Å². The van der Waals surface area contributed by atoms with Crippen LogP contribution in [0, 0.1) is 6.92 Å². The Morgan fingerprint density at radius 3 is 2.62 bits per heavy atom. The van der Waals surface area contributed by atoms with Gasteiger partial charge in [-0.2, -0.15) is 8.78 Å². The number of amides is 1. The fourth-order valence-electron chi connectivity index (χ4n) is 1.76. The summed E-state index contributed by atoms with van der Waals surface area (Å²) in [7, 11) is 0. The Kier molecular flexibility index (Phi) is 4.80. The van der Waals surface area contributed by atoms with Crippen molar-refractivity contribution in [1.29, 1.82) is 0 Å². The first kappa shape index (κ1) is 15.3. The molecule has 110 valence electrons. The molecule has 0 fully saturated rings. The van der Waals surface area contributed by atoms with Crippen molar-refractivity contribution in [2.45, 2.75) is 17.6 Å². The van der Waals surface area contributed by atoms with Crippen molar-refractivity contribution in [3.05, 3.63) is 53.6 Å². The third-order valence-electron chi connectivity index (χ3n) is 2.81. The average Bonchev–Trinajstić information content (AvgIpc) is 2.43. The van der Waals surface area contributed by atoms with Gasteiger partial charge in [0.05, 0.1) is 5.69 Å². The molecule has 0 heterocycles. The lowest BCUT2D eigenvalue weighted by Gasteiger charge is -2.11. The second kappa shape index (κ2) is 6.58. The van der Waals surface area contributed by atoms with E-state index in [2.05, 4.69) is 5.32 Å². The molecule has 0 aliphatic carbocycles. The van der Waals surface area contributed by atoms with Gasteiger partial charge in [-0.15, -0.1) is 0 Å². The highest BCUT2D eigenvalue weighted by Crippen LogP contribution is 2.32. The predicted octanol–water partition coefficient (Wildman–Crippen LogP) is 4.27. The van der Waals surface area contributed by atoms with Crippen LogP contribution < -0.4 is 5.32 Å². The fourth-order valence-corrected chi connectivity index (χ4v) is 2.35. The topological polar surface area (TPSA) is 49.3 Å². The van der Waals surface area contributed by atoms with Crippen LogP contribution in [-0.2, 0) is 0 Å². The molecule has 2 aromatic carbocycles. The van der Waals surface area contributed by atoms with Gasteiger partial charge in [0.25, 0.3) is 11.7 Å². The van der Waals surface area contributed by atoms with E-state index in [0.29, 0.717) is 33.5 Å². The number of para-hydroxylation sites is 1. The molecule has 1 amide bonds. The Morgan fingerprint density at radius 2 is 1.95 bits per heavy atom. The van der Waals surface area contributed by atoms with Gasteiger partial charge >= 0.3 is 0 Å². The van der Waals surface area contributed by atoms with E-state index in [0.717, 1.165) is 0 Å². The number of rotatable bonds is 4. The third-order valence-corrected chi connectivity index (χ3v) is 3.60. The minimum absolute atomic E-state index is 0.0974. The average molecular weight is 309 g/mol. The molecular weight excluding hydrogens is 296 g/mol. The number of thioether (sulfide) groups is 1. The molecule has 21 heavy (non-hydrogen) atoms. The van der Waals surface area contributed by atoms with Crippen LogP contribution in [0.2, 0.25) is 0 Å². The van der Waals surface area contributed by atoms with Gasteiger partial charge in [0.2, 0.25) is 0 Å². The molecule has 0 saturated heterocycles. The summed E-state index contributed by atoms with van der Waals surface area (Å²) in [6.07, 6.45) is 0. The Morgan fingerprint density at radius 1 is 1.24 bits per heavy atom. The Balaban J connectivity index is 2.21. The quantitative estimate of drug-likeness (QED) is 0.829. The van der Waals surface area contributed by atoms with Gasteiger partial charge in [0, 0.05) is 10.5 Å². The maximum absolute atomic E-state index is 12.5. The SMILES string of the molecule is Cc1cc(C(=O)Nc2ccccc2SC(F)F)ccc1O. The van der Waals surface area contributed by atoms with Gasteiger partial charge in [-0.05, 0) is 42.8 Å². The fraction of sp³-hybridized carbons (Fsp3) is 0.133. The van der Waals surface area contributed by atoms with Crippen molar-refractivity contribution < 1.29 is 18.7 Å². The summed E-state index contributed by atoms with van der Waals surface area (Å²) in [6.45, 7) is 1.67. The number of halogens is 2. The lowest BCUT2D eigenvalue weighted by atomic mass is 10.1. The molecule has 2 N–H and O–H groups in total. The minimum Gasteiger partial charge on any atom is -0.508 e. The number of phenolic OH excluding ortho intramolecular Hbond substituents is 1. The zero-order valence-electron chi connectivity index (χ0n) is 11.1. The largest absolute Gasteiger partial charge is 0.508 e. The Hall–Kier alpha value is -2.08. The van der Waals surface area contributed by atoms with Crippen molar-refractivity contribution in [2.75, 3.05) is 5.32 Å². The summed E-state index contributed by atoms with van der Waals surface area (Å²) in [5.74, 6) is -2.88. The van der Waals surface area contributed by atoms with E-state index in [4.69, 9.17) is 0 Å². The first-order valence-corrected chi connectivity index (χ1v) is 7.00. The Labute approximate surface area is 125 Å². The lowest BCUT2D eigenvalue weighted by Crippen LogP contribution is -2.12. The minimum atomic E-state index is -2.56. The first-order chi connectivity index (χ1) is 9.97. The molecule has 0 bridgehead atoms. The van der Waals surface area contributed by atoms with Gasteiger partial charge in [-0.25, -0.2) is 0 Å². The molecule has 0 spiro atoms. The van der Waals surface area contributed by atoms with E-state index < -0.39 is 11.7 Å². The van der Waals surface area contributed by atoms with Gasteiger partial charge in [-0.3, -0.25) is 4.79 Å². The van der Waals surface area contributed by atoms with Gasteiger partial charge in [0.15, 0.2) is 0 Å². The number of anilines is 1. The third kappa shape index (κ3) is 3.95. The van der Waals surface area contributed by atoms with E-state index in [9.17, 15) is 18.7 Å². The van der Waals surface area contributed by atoms with E-state index >= 15 is 0 Å². The summed E-state index contributed by atoms with van der Waals surface area (Å²) < 4.78 is 25.0. The lowest BCUT2D eigenvalue weighted by molar-refractivity contribution is 0.102. The number of hydrogen-bond donors (Lipinski definition) is 2. The Bertz CT molecular complexity index is 662. The molecule has 0 atom stereocenters. The number of hydrogen-bond acceptors (Lipinski definition) is 3. The number of alkyl halides is 2. The number of carbonyl (C=O) groups is 1. The van der Waals surface area contributed by atoms with Gasteiger partial charge < -0.3 is 10.4 Å². The monoisotopic (exact) mass is 309 g/mol. The second-order valence-electron chi connectivity index (χ2n) is 4.33. The summed E-state index contributed by atoms with van der Waals surface area (Å²) in [5.41, 5.74) is 1.25. The highest BCUT2D eigenvalue weighted by atomic mass is 32.2. The standard InChI is InChI=1S/C15H13F2NO2S/c1-9-8-10(6-7-12(9)19)14(20)18-11-4-2-3-5-13(11)21-15(16)17/h2-8,15,19H,1H3,(H,18,20). The van der Waals surface area contributed by atoms with Crippen LogP contribution in [0.5, 0.6) is 5.75 Å². The van der Waals surface area contributed by atoms with Crippen molar-refractivity contribution in [3.63, 3.8) is 0 Å². The summed E-state index contributed by atoms with van der Waals surface area (Å²) in [5, 5.41) is 12.0. The molecule has 2 aromatic rings. The zero-order chi connectivity index (χ0) is 15.4. The maximum atomic E-state index is 12.5. The maximum Gasteiger partial charge on any atom is 0.288 e. The normalized spacial score (nSPS) is 10.7. The number of aryl methyl sites for hydroxylation is 1. The highest BCUT2D eigenvalue weighted by molar-refractivity contribution is 7.99. The molecule has 0 aromatic heterocycles. The molecular formula is C15H13F2NO2S. The molecule has 0 unspecified atom stereocenters. The number of phenols is 1. The number of benzene rings is 2. The van der Waals surface area contributed by atoms with Gasteiger partial charge in [0.1, 0.15) is 5.75 Å². The van der Waals surface area contributed by atoms with Crippen LogP contribution in [0.25, 0.3) is 0 Å². The first-order valence-electron chi connectivity index (χ1n) is 6.12. The van der Waals surface area contributed by atoms with E-state index in [1.165, 1.54) is 24.3 Å². The van der Waals surface area contributed by atoms with Crippen molar-refractivity contribution in [2.24, 2.45) is 0 Å². The summed E-state index contributed by atoms with van der Waals surface area (Å²) >= 11 is 0.380. The summed E-state index contributed by atoms with van der Waals surface area (Å²) in [4.78, 5) is 12.4. The van der Waals surface area contributed by atoms with Crippen LogP contribution in [0.15, 0.2) is 47.4 Å². The number of carbonyl (C=O) groups excluding carboxylic acids is 1. The van der Waals surface area contributed by atoms with Crippen LogP contribution in [-0.4, -0.2) is 16.8 Å². The van der Waals surface area contributed by atoms with E-state index in [1.807, 2.05) is 0 Å². The van der Waals surface area contributed by atoms with E-state index in [1.54, 1.807) is 25.1 Å². The van der Waals surface area contributed by atoms with Crippen LogP contribution >= 0.6 is 11.8 Å². The van der Waals surface area contributed by atoms with Crippen LogP contribution in [0.1, 0.15) is 15.9 Å². The molecule has 0 aliphatic heterocycles. The molecule has 0 saturated carbocycles. The van der Waals surface area contributed by atoms with Crippen molar-refractivity contribution >= 4 is 23.4 Å². The van der Waals surface area contributed by atoms with Crippen LogP contribution in [0.4, 0.5) is 14.5 Å². The smallest absolute Gasteiger partial charge is 0.288 e. The van der Waals surface area contributed by atoms with Gasteiger partial charge in [-0.1, -0.05) is 23.9 Å². The highest BCUT2D eigenvalue weighted by Gasteiger charge is 2.13. The molecule has 6 heteroatoms. The molecule has 2 rings (SSSR count). The molecule has 0 radical (unpaired) electrons. The zero-order valence-corrected chi connectivity index (χ0v) is 12.0. The second-order valence-corrected chi connectivity index (χ2v) is 5.36. The predicted molar refractivity (Wildman–Crippen MR) is 79.1 cm³/mol. The molecule has 3 nitrogen and oxygen atoms in total. The van der Waals surface area contributed by atoms with E-state index in [-0.39, 0.29) is 5.75 Å². The van der Waals surface area contributed by atoms with Crippen molar-refractivity contribution in [3.8, 4) is 5.75 Å².